The van der Waals surface area contributed by atoms with E-state index >= 15 is 0 Å². The summed E-state index contributed by atoms with van der Waals surface area (Å²) in [7, 11) is 2.10. The lowest BCUT2D eigenvalue weighted by Gasteiger charge is -2.18. The van der Waals surface area contributed by atoms with E-state index in [2.05, 4.69) is 30.1 Å². The summed E-state index contributed by atoms with van der Waals surface area (Å²) >= 11 is 5.98. The van der Waals surface area contributed by atoms with Crippen LogP contribution in [0.25, 0.3) is 5.57 Å². The first kappa shape index (κ1) is 11.8. The Balaban J connectivity index is 2.05. The zero-order valence-corrected chi connectivity index (χ0v) is 11.0. The van der Waals surface area contributed by atoms with Crippen molar-refractivity contribution in [3.8, 4) is 0 Å². The maximum absolute atomic E-state index is 13.3. The van der Waals surface area contributed by atoms with Gasteiger partial charge in [0.05, 0.1) is 5.38 Å². The van der Waals surface area contributed by atoms with Crippen LogP contribution in [0, 0.1) is 0 Å². The number of nitrogens with zero attached hydrogens (tertiary/aromatic N) is 1. The van der Waals surface area contributed by atoms with Gasteiger partial charge in [0.2, 0.25) is 0 Å². The van der Waals surface area contributed by atoms with Crippen molar-refractivity contribution in [1.82, 2.24) is 0 Å². The van der Waals surface area contributed by atoms with Gasteiger partial charge >= 0.3 is 0 Å². The van der Waals surface area contributed by atoms with Crippen molar-refractivity contribution in [1.29, 1.82) is 0 Å². The molecule has 18 heavy (non-hydrogen) atoms. The van der Waals surface area contributed by atoms with E-state index in [1.165, 1.54) is 16.8 Å². The van der Waals surface area contributed by atoms with Gasteiger partial charge in [-0.2, -0.15) is 0 Å². The van der Waals surface area contributed by atoms with Crippen molar-refractivity contribution in [3.05, 3.63) is 47.6 Å². The Kier molecular flexibility index (Phi) is 2.90. The predicted molar refractivity (Wildman–Crippen MR) is 75.1 cm³/mol. The monoisotopic (exact) mass is 263 g/mol. The average molecular weight is 264 g/mol. The molecule has 3 heteroatoms. The van der Waals surface area contributed by atoms with Crippen molar-refractivity contribution in [3.63, 3.8) is 0 Å². The lowest BCUT2D eigenvalue weighted by atomic mass is 9.93. The largest absolute Gasteiger partial charge is 0.374 e. The molecule has 1 aromatic rings. The van der Waals surface area contributed by atoms with Crippen LogP contribution in [0.2, 0.25) is 0 Å². The highest BCUT2D eigenvalue weighted by atomic mass is 35.5. The lowest BCUT2D eigenvalue weighted by molar-refractivity contribution is 0.406. The molecule has 94 valence electrons. The lowest BCUT2D eigenvalue weighted by Crippen LogP contribution is -2.14. The SMILES string of the molecule is CN1CCc2c(C3=CC(Cl)C(F)C=C3)cccc21. The minimum Gasteiger partial charge on any atom is -0.374 e. The topological polar surface area (TPSA) is 3.24 Å². The number of likely N-dealkylation sites (N-methyl/N-ethyl adjacent to an activating group) is 1. The van der Waals surface area contributed by atoms with Crippen molar-refractivity contribution >= 4 is 22.9 Å². The minimum atomic E-state index is -1.07. The molecule has 0 N–H and O–H groups in total. The predicted octanol–water partition coefficient (Wildman–Crippen LogP) is 3.58. The van der Waals surface area contributed by atoms with Crippen LogP contribution in [0.15, 0.2) is 36.4 Å². The van der Waals surface area contributed by atoms with Crippen molar-refractivity contribution < 1.29 is 4.39 Å². The molecular formula is C15H15ClFN. The van der Waals surface area contributed by atoms with Crippen molar-refractivity contribution in [2.24, 2.45) is 0 Å². The van der Waals surface area contributed by atoms with Gasteiger partial charge in [0.15, 0.2) is 0 Å². The van der Waals surface area contributed by atoms with E-state index in [0.717, 1.165) is 18.5 Å². The first-order valence-corrected chi connectivity index (χ1v) is 6.62. The highest BCUT2D eigenvalue weighted by Crippen LogP contribution is 2.35. The number of alkyl halides is 2. The molecule has 2 unspecified atom stereocenters. The summed E-state index contributed by atoms with van der Waals surface area (Å²) in [5.41, 5.74) is 4.84. The number of halogens is 2. The second-order valence-corrected chi connectivity index (χ2v) is 5.35. The Morgan fingerprint density at radius 2 is 2.22 bits per heavy atom. The minimum absolute atomic E-state index is 0.556. The zero-order valence-electron chi connectivity index (χ0n) is 10.2. The highest BCUT2D eigenvalue weighted by Gasteiger charge is 2.23. The number of hydrogen-bond donors (Lipinski definition) is 0. The first-order chi connectivity index (χ1) is 8.66. The van der Waals surface area contributed by atoms with Gasteiger partial charge in [0, 0.05) is 19.3 Å². The fourth-order valence-corrected chi connectivity index (χ4v) is 2.89. The van der Waals surface area contributed by atoms with Crippen LogP contribution in [-0.4, -0.2) is 25.1 Å². The molecule has 2 atom stereocenters. The van der Waals surface area contributed by atoms with Gasteiger partial charge in [-0.3, -0.25) is 0 Å². The van der Waals surface area contributed by atoms with Crippen LogP contribution < -0.4 is 4.90 Å². The van der Waals surface area contributed by atoms with Crippen LogP contribution in [-0.2, 0) is 6.42 Å². The highest BCUT2D eigenvalue weighted by molar-refractivity contribution is 6.23. The normalized spacial score (nSPS) is 26.2. The summed E-state index contributed by atoms with van der Waals surface area (Å²) in [5.74, 6) is 0. The van der Waals surface area contributed by atoms with Crippen LogP contribution in [0.5, 0.6) is 0 Å². The third-order valence-corrected chi connectivity index (χ3v) is 4.04. The summed E-state index contributed by atoms with van der Waals surface area (Å²) in [4.78, 5) is 2.25. The van der Waals surface area contributed by atoms with E-state index in [-0.39, 0.29) is 0 Å². The Labute approximate surface area is 112 Å². The molecular weight excluding hydrogens is 249 g/mol. The quantitative estimate of drug-likeness (QED) is 0.700. The van der Waals surface area contributed by atoms with Gasteiger partial charge in [-0.1, -0.05) is 24.3 Å². The van der Waals surface area contributed by atoms with Gasteiger partial charge in [0.25, 0.3) is 0 Å². The molecule has 1 aromatic carbocycles. The van der Waals surface area contributed by atoms with E-state index in [9.17, 15) is 4.39 Å². The molecule has 1 nitrogen and oxygen atoms in total. The third kappa shape index (κ3) is 1.85. The molecule has 0 saturated carbocycles. The van der Waals surface area contributed by atoms with Crippen LogP contribution in [0.3, 0.4) is 0 Å². The number of fused-ring (bicyclic) bond motifs is 1. The molecule has 0 spiro atoms. The molecule has 1 aliphatic heterocycles. The van der Waals surface area contributed by atoms with Gasteiger partial charge in [0.1, 0.15) is 6.17 Å². The van der Waals surface area contributed by atoms with Crippen LogP contribution in [0.1, 0.15) is 11.1 Å². The number of rotatable bonds is 1. The van der Waals surface area contributed by atoms with Crippen LogP contribution >= 0.6 is 11.6 Å². The van der Waals surface area contributed by atoms with E-state index in [0.29, 0.717) is 0 Å². The van der Waals surface area contributed by atoms with Crippen LogP contribution in [0.4, 0.5) is 10.1 Å². The van der Waals surface area contributed by atoms with Gasteiger partial charge in [-0.05, 0) is 35.3 Å². The Bertz CT molecular complexity index is 535. The maximum atomic E-state index is 13.3. The number of anilines is 1. The molecule has 0 aromatic heterocycles. The molecule has 1 heterocycles. The first-order valence-electron chi connectivity index (χ1n) is 6.18. The molecule has 0 bridgehead atoms. The third-order valence-electron chi connectivity index (χ3n) is 3.67. The molecule has 3 rings (SSSR count). The Morgan fingerprint density at radius 3 is 3.00 bits per heavy atom. The number of benzene rings is 1. The molecule has 0 fully saturated rings. The summed E-state index contributed by atoms with van der Waals surface area (Å²) in [5, 5.41) is -0.556. The van der Waals surface area contributed by atoms with Gasteiger partial charge in [-0.15, -0.1) is 11.6 Å². The van der Waals surface area contributed by atoms with E-state index in [4.69, 9.17) is 11.6 Å². The summed E-state index contributed by atoms with van der Waals surface area (Å²) in [6.07, 6.45) is 5.18. The van der Waals surface area contributed by atoms with Gasteiger partial charge < -0.3 is 4.90 Å². The summed E-state index contributed by atoms with van der Waals surface area (Å²) < 4.78 is 13.3. The summed E-state index contributed by atoms with van der Waals surface area (Å²) in [6.45, 7) is 1.04. The molecule has 0 radical (unpaired) electrons. The number of hydrogen-bond acceptors (Lipinski definition) is 1. The zero-order chi connectivity index (χ0) is 12.7. The number of allylic oxidation sites excluding steroid dienone is 4. The van der Waals surface area contributed by atoms with E-state index < -0.39 is 11.5 Å². The van der Waals surface area contributed by atoms with E-state index in [1.54, 1.807) is 6.08 Å². The molecule has 2 aliphatic rings. The second-order valence-electron chi connectivity index (χ2n) is 4.84. The Hall–Kier alpha value is -1.28. The fourth-order valence-electron chi connectivity index (χ4n) is 2.67. The fraction of sp³-hybridized carbons (Fsp3) is 0.333. The molecule has 0 amide bonds. The van der Waals surface area contributed by atoms with E-state index in [1.807, 2.05) is 12.2 Å². The summed E-state index contributed by atoms with van der Waals surface area (Å²) in [6, 6.07) is 6.28. The molecule has 1 aliphatic carbocycles. The standard InChI is InChI=1S/C15H15ClFN/c1-18-8-7-12-11(3-2-4-15(12)18)10-5-6-14(17)13(16)9-10/h2-6,9,13-14H,7-8H2,1H3. The van der Waals surface area contributed by atoms with Crippen molar-refractivity contribution in [2.45, 2.75) is 18.0 Å². The molecule has 0 saturated heterocycles. The smallest absolute Gasteiger partial charge is 0.138 e. The second kappa shape index (κ2) is 4.43. The average Bonchev–Trinajstić information content (AvgIpc) is 2.75. The van der Waals surface area contributed by atoms with Gasteiger partial charge in [-0.25, -0.2) is 4.39 Å². The van der Waals surface area contributed by atoms with Crippen molar-refractivity contribution in [2.75, 3.05) is 18.5 Å². The Morgan fingerprint density at radius 1 is 1.39 bits per heavy atom. The maximum Gasteiger partial charge on any atom is 0.138 e.